The molecule has 7 heteroatoms. The highest BCUT2D eigenvalue weighted by Crippen LogP contribution is 2.40. The number of esters is 1. The smallest absolute Gasteiger partial charge is 0.341 e. The van der Waals surface area contributed by atoms with Crippen LogP contribution >= 0.6 is 11.3 Å². The number of thiophene rings is 1. The van der Waals surface area contributed by atoms with Gasteiger partial charge in [-0.1, -0.05) is 6.92 Å². The van der Waals surface area contributed by atoms with E-state index in [2.05, 4.69) is 17.1 Å². The molecule has 1 aromatic rings. The summed E-state index contributed by atoms with van der Waals surface area (Å²) in [4.78, 5) is 28.2. The maximum absolute atomic E-state index is 12.6. The molecule has 0 radical (unpaired) electrons. The highest BCUT2D eigenvalue weighted by molar-refractivity contribution is 7.17. The Morgan fingerprint density at radius 1 is 1.27 bits per heavy atom. The zero-order chi connectivity index (χ0) is 18.8. The number of rotatable bonds is 4. The number of morpholine rings is 1. The molecule has 1 saturated heterocycles. The highest BCUT2D eigenvalue weighted by atomic mass is 32.1. The van der Waals surface area contributed by atoms with Crippen molar-refractivity contribution in [3.8, 4) is 0 Å². The van der Waals surface area contributed by atoms with E-state index in [4.69, 9.17) is 9.47 Å². The van der Waals surface area contributed by atoms with Gasteiger partial charge in [-0.15, -0.1) is 11.3 Å². The largest absolute Gasteiger partial charge is 0.465 e. The molecule has 0 aromatic carbocycles. The van der Waals surface area contributed by atoms with Crippen molar-refractivity contribution < 1.29 is 19.1 Å². The second-order valence-electron chi connectivity index (χ2n) is 7.55. The standard InChI is InChI=1S/C19H28N2O4S/c1-11-5-6-14-15(7-11)26-18(17(14)19(23)24-4)20-16(22)10-21-8-12(2)25-13(3)9-21/h11-13H,5-10H2,1-4H3,(H,20,22)/t11-,12-,13+/m1/s1. The maximum Gasteiger partial charge on any atom is 0.341 e. The molecule has 144 valence electrons. The van der Waals surface area contributed by atoms with E-state index in [-0.39, 0.29) is 24.1 Å². The lowest BCUT2D eigenvalue weighted by atomic mass is 9.88. The fourth-order valence-corrected chi connectivity index (χ4v) is 5.35. The second-order valence-corrected chi connectivity index (χ2v) is 8.65. The van der Waals surface area contributed by atoms with Gasteiger partial charge in [0.2, 0.25) is 5.91 Å². The summed E-state index contributed by atoms with van der Waals surface area (Å²) in [6.45, 7) is 8.03. The molecule has 6 nitrogen and oxygen atoms in total. The van der Waals surface area contributed by atoms with Gasteiger partial charge in [-0.25, -0.2) is 4.79 Å². The Labute approximate surface area is 158 Å². The SMILES string of the molecule is COC(=O)c1c(NC(=O)CN2C[C@@H](C)O[C@@H](C)C2)sc2c1CC[C@@H](C)C2. The summed E-state index contributed by atoms with van der Waals surface area (Å²) in [6, 6.07) is 0. The lowest BCUT2D eigenvalue weighted by Gasteiger charge is -2.34. The maximum atomic E-state index is 12.6. The molecular formula is C19H28N2O4S. The predicted octanol–water partition coefficient (Wildman–Crippen LogP) is 2.71. The van der Waals surface area contributed by atoms with E-state index in [0.717, 1.165) is 37.9 Å². The molecule has 1 aromatic heterocycles. The number of nitrogens with zero attached hydrogens (tertiary/aromatic N) is 1. The van der Waals surface area contributed by atoms with Gasteiger partial charge in [0.25, 0.3) is 0 Å². The minimum absolute atomic E-state index is 0.0944. The fourth-order valence-electron chi connectivity index (χ4n) is 3.94. The Kier molecular flexibility index (Phi) is 5.99. The minimum atomic E-state index is -0.360. The van der Waals surface area contributed by atoms with Crippen LogP contribution in [-0.4, -0.2) is 55.7 Å². The number of nitrogens with one attached hydrogen (secondary N) is 1. The molecular weight excluding hydrogens is 352 g/mol. The summed E-state index contributed by atoms with van der Waals surface area (Å²) in [5.74, 6) is 0.149. The van der Waals surface area contributed by atoms with Crippen LogP contribution in [0.15, 0.2) is 0 Å². The second kappa shape index (κ2) is 8.06. The van der Waals surface area contributed by atoms with E-state index in [1.54, 1.807) is 0 Å². The third kappa shape index (κ3) is 4.27. The monoisotopic (exact) mass is 380 g/mol. The first kappa shape index (κ1) is 19.3. The third-order valence-corrected chi connectivity index (χ3v) is 6.19. The van der Waals surface area contributed by atoms with Crippen molar-refractivity contribution in [2.45, 2.75) is 52.2 Å². The van der Waals surface area contributed by atoms with Gasteiger partial charge in [-0.05, 0) is 44.6 Å². The average Bonchev–Trinajstić information content (AvgIpc) is 2.89. The minimum Gasteiger partial charge on any atom is -0.465 e. The van der Waals surface area contributed by atoms with Crippen LogP contribution in [0.1, 0.15) is 48.0 Å². The molecule has 3 atom stereocenters. The molecule has 0 spiro atoms. The summed E-state index contributed by atoms with van der Waals surface area (Å²) in [5.41, 5.74) is 1.61. The number of carbonyl (C=O) groups excluding carboxylic acids is 2. The molecule has 0 saturated carbocycles. The molecule has 3 rings (SSSR count). The van der Waals surface area contributed by atoms with Crippen LogP contribution in [0.3, 0.4) is 0 Å². The van der Waals surface area contributed by atoms with Gasteiger partial charge >= 0.3 is 5.97 Å². The molecule has 1 aliphatic heterocycles. The van der Waals surface area contributed by atoms with Crippen LogP contribution in [0.25, 0.3) is 0 Å². The normalized spacial score (nSPS) is 26.2. The number of ether oxygens (including phenoxy) is 2. The number of carbonyl (C=O) groups is 2. The zero-order valence-corrected chi connectivity index (χ0v) is 16.8. The number of fused-ring (bicyclic) bond motifs is 1. The number of amides is 1. The molecule has 1 amide bonds. The quantitative estimate of drug-likeness (QED) is 0.814. The van der Waals surface area contributed by atoms with E-state index < -0.39 is 0 Å². The molecule has 0 bridgehead atoms. The van der Waals surface area contributed by atoms with Crippen LogP contribution in [0.5, 0.6) is 0 Å². The molecule has 1 fully saturated rings. The molecule has 0 unspecified atom stereocenters. The van der Waals surface area contributed by atoms with Crippen molar-refractivity contribution >= 4 is 28.2 Å². The Hall–Kier alpha value is -1.44. The van der Waals surface area contributed by atoms with Crippen LogP contribution in [0.4, 0.5) is 5.00 Å². The van der Waals surface area contributed by atoms with Crippen molar-refractivity contribution in [1.29, 1.82) is 0 Å². The number of hydrogen-bond acceptors (Lipinski definition) is 6. The van der Waals surface area contributed by atoms with Crippen LogP contribution in [0, 0.1) is 5.92 Å². The number of hydrogen-bond donors (Lipinski definition) is 1. The van der Waals surface area contributed by atoms with Crippen molar-refractivity contribution in [2.24, 2.45) is 5.92 Å². The van der Waals surface area contributed by atoms with Crippen LogP contribution < -0.4 is 5.32 Å². The fraction of sp³-hybridized carbons (Fsp3) is 0.684. The molecule has 2 heterocycles. The van der Waals surface area contributed by atoms with E-state index in [0.29, 0.717) is 23.0 Å². The molecule has 26 heavy (non-hydrogen) atoms. The van der Waals surface area contributed by atoms with Crippen molar-refractivity contribution in [2.75, 3.05) is 32.1 Å². The predicted molar refractivity (Wildman–Crippen MR) is 102 cm³/mol. The van der Waals surface area contributed by atoms with Gasteiger partial charge in [0, 0.05) is 18.0 Å². The Balaban J connectivity index is 1.74. The lowest BCUT2D eigenvalue weighted by molar-refractivity contribution is -0.121. The Bertz CT molecular complexity index is 677. The molecule has 1 N–H and O–H groups in total. The summed E-state index contributed by atoms with van der Waals surface area (Å²) >= 11 is 1.52. The molecule has 2 aliphatic rings. The zero-order valence-electron chi connectivity index (χ0n) is 16.0. The van der Waals surface area contributed by atoms with E-state index >= 15 is 0 Å². The summed E-state index contributed by atoms with van der Waals surface area (Å²) in [5, 5.41) is 3.61. The first-order valence-electron chi connectivity index (χ1n) is 9.27. The number of anilines is 1. The Morgan fingerprint density at radius 3 is 2.62 bits per heavy atom. The van der Waals surface area contributed by atoms with Crippen molar-refractivity contribution in [1.82, 2.24) is 4.90 Å². The van der Waals surface area contributed by atoms with Gasteiger partial charge in [-0.2, -0.15) is 0 Å². The van der Waals surface area contributed by atoms with Gasteiger partial charge < -0.3 is 14.8 Å². The summed E-state index contributed by atoms with van der Waals surface area (Å²) in [6.07, 6.45) is 3.12. The Morgan fingerprint density at radius 2 is 1.96 bits per heavy atom. The average molecular weight is 381 g/mol. The van der Waals surface area contributed by atoms with Gasteiger partial charge in [0.15, 0.2) is 0 Å². The molecule has 1 aliphatic carbocycles. The third-order valence-electron chi connectivity index (χ3n) is 5.02. The van der Waals surface area contributed by atoms with Gasteiger partial charge in [0.05, 0.1) is 31.4 Å². The topological polar surface area (TPSA) is 67.9 Å². The first-order chi connectivity index (χ1) is 12.4. The first-order valence-corrected chi connectivity index (χ1v) is 10.1. The van der Waals surface area contributed by atoms with Crippen molar-refractivity contribution in [3.63, 3.8) is 0 Å². The number of methoxy groups -OCH3 is 1. The van der Waals surface area contributed by atoms with E-state index in [1.807, 2.05) is 13.8 Å². The van der Waals surface area contributed by atoms with Gasteiger partial charge in [-0.3, -0.25) is 9.69 Å². The van der Waals surface area contributed by atoms with E-state index in [1.165, 1.54) is 23.3 Å². The van der Waals surface area contributed by atoms with E-state index in [9.17, 15) is 9.59 Å². The van der Waals surface area contributed by atoms with Crippen LogP contribution in [-0.2, 0) is 27.1 Å². The summed E-state index contributed by atoms with van der Waals surface area (Å²) < 4.78 is 10.7. The van der Waals surface area contributed by atoms with Crippen LogP contribution in [0.2, 0.25) is 0 Å². The lowest BCUT2D eigenvalue weighted by Crippen LogP contribution is -2.48. The van der Waals surface area contributed by atoms with Gasteiger partial charge in [0.1, 0.15) is 5.00 Å². The highest BCUT2D eigenvalue weighted by Gasteiger charge is 2.30. The van der Waals surface area contributed by atoms with Crippen molar-refractivity contribution in [3.05, 3.63) is 16.0 Å². The summed E-state index contributed by atoms with van der Waals surface area (Å²) in [7, 11) is 1.39.